The van der Waals surface area contributed by atoms with E-state index < -0.39 is 0 Å². The molecule has 0 bridgehead atoms. The van der Waals surface area contributed by atoms with Crippen molar-refractivity contribution in [3.05, 3.63) is 54.5 Å². The van der Waals surface area contributed by atoms with Crippen LogP contribution in [0.1, 0.15) is 5.56 Å². The van der Waals surface area contributed by atoms with Gasteiger partial charge in [-0.15, -0.1) is 0 Å². The molecule has 0 saturated carbocycles. The number of aromatic nitrogens is 3. The highest BCUT2D eigenvalue weighted by Crippen LogP contribution is 2.21. The highest BCUT2D eigenvalue weighted by Gasteiger charge is 2.07. The lowest BCUT2D eigenvalue weighted by atomic mass is 10.2. The van der Waals surface area contributed by atoms with Crippen LogP contribution in [0.2, 0.25) is 0 Å². The van der Waals surface area contributed by atoms with E-state index in [4.69, 9.17) is 0 Å². The van der Waals surface area contributed by atoms with Gasteiger partial charge in [-0.1, -0.05) is 6.07 Å². The van der Waals surface area contributed by atoms with Gasteiger partial charge in [-0.3, -0.25) is 0 Å². The lowest BCUT2D eigenvalue weighted by molar-refractivity contribution is 0.961. The maximum absolute atomic E-state index is 4.38. The largest absolute Gasteiger partial charge is 0.378 e. The fraction of sp³-hybridized carbons (Fsp3) is 0.200. The molecule has 102 valence electrons. The number of hydrogen-bond donors (Lipinski definition) is 1. The number of rotatable bonds is 4. The minimum atomic E-state index is 0.722. The second kappa shape index (κ2) is 5.21. The minimum absolute atomic E-state index is 0.722. The highest BCUT2D eigenvalue weighted by molar-refractivity contribution is 5.65. The number of anilines is 2. The van der Waals surface area contributed by atoms with Gasteiger partial charge in [0.15, 0.2) is 5.82 Å². The number of pyridine rings is 2. The second-order valence-electron chi connectivity index (χ2n) is 4.82. The van der Waals surface area contributed by atoms with Gasteiger partial charge in [-0.25, -0.2) is 9.50 Å². The van der Waals surface area contributed by atoms with Gasteiger partial charge >= 0.3 is 0 Å². The van der Waals surface area contributed by atoms with Crippen molar-refractivity contribution >= 4 is 17.0 Å². The molecule has 0 aliphatic carbocycles. The first-order chi connectivity index (χ1) is 9.75. The predicted octanol–water partition coefficient (Wildman–Crippen LogP) is 2.41. The average Bonchev–Trinajstić information content (AvgIpc) is 2.88. The summed E-state index contributed by atoms with van der Waals surface area (Å²) in [7, 11) is 3.98. The topological polar surface area (TPSA) is 45.5 Å². The van der Waals surface area contributed by atoms with Gasteiger partial charge in [0, 0.05) is 38.6 Å². The van der Waals surface area contributed by atoms with E-state index in [0.29, 0.717) is 0 Å². The van der Waals surface area contributed by atoms with Crippen molar-refractivity contribution in [3.63, 3.8) is 0 Å². The first kappa shape index (κ1) is 12.5. The van der Waals surface area contributed by atoms with Crippen molar-refractivity contribution in [3.8, 4) is 0 Å². The summed E-state index contributed by atoms with van der Waals surface area (Å²) < 4.78 is 1.88. The van der Waals surface area contributed by atoms with Gasteiger partial charge in [-0.05, 0) is 24.3 Å². The van der Waals surface area contributed by atoms with Crippen LogP contribution in [-0.2, 0) is 6.54 Å². The van der Waals surface area contributed by atoms with Gasteiger partial charge < -0.3 is 10.2 Å². The SMILES string of the molecule is CN(C)c1ncccc1NCc1cnn2ccccc12. The van der Waals surface area contributed by atoms with E-state index in [1.165, 1.54) is 5.56 Å². The van der Waals surface area contributed by atoms with Gasteiger partial charge in [-0.2, -0.15) is 5.10 Å². The third kappa shape index (κ3) is 2.30. The van der Waals surface area contributed by atoms with Gasteiger partial charge in [0.05, 0.1) is 17.4 Å². The molecule has 0 amide bonds. The van der Waals surface area contributed by atoms with E-state index in [-0.39, 0.29) is 0 Å². The third-order valence-electron chi connectivity index (χ3n) is 3.19. The molecule has 5 heteroatoms. The molecule has 3 rings (SSSR count). The Hall–Kier alpha value is -2.56. The zero-order valence-electron chi connectivity index (χ0n) is 11.6. The van der Waals surface area contributed by atoms with Crippen LogP contribution < -0.4 is 10.2 Å². The fourth-order valence-corrected chi connectivity index (χ4v) is 2.21. The van der Waals surface area contributed by atoms with Crippen LogP contribution >= 0.6 is 0 Å². The molecule has 0 unspecified atom stereocenters. The molecular weight excluding hydrogens is 250 g/mol. The van der Waals surface area contributed by atoms with Crippen molar-refractivity contribution in [1.29, 1.82) is 0 Å². The highest BCUT2D eigenvalue weighted by atomic mass is 15.2. The first-order valence-corrected chi connectivity index (χ1v) is 6.53. The van der Waals surface area contributed by atoms with Gasteiger partial charge in [0.25, 0.3) is 0 Å². The smallest absolute Gasteiger partial charge is 0.151 e. The van der Waals surface area contributed by atoms with Crippen LogP contribution in [0.25, 0.3) is 5.52 Å². The lowest BCUT2D eigenvalue weighted by Gasteiger charge is -2.16. The van der Waals surface area contributed by atoms with E-state index in [9.17, 15) is 0 Å². The normalized spacial score (nSPS) is 10.7. The number of nitrogens with zero attached hydrogens (tertiary/aromatic N) is 4. The Morgan fingerprint density at radius 3 is 2.95 bits per heavy atom. The van der Waals surface area contributed by atoms with E-state index in [2.05, 4.69) is 21.5 Å². The van der Waals surface area contributed by atoms with E-state index >= 15 is 0 Å². The quantitative estimate of drug-likeness (QED) is 0.788. The summed E-state index contributed by atoms with van der Waals surface area (Å²) in [5.41, 5.74) is 3.31. The molecule has 20 heavy (non-hydrogen) atoms. The van der Waals surface area contributed by atoms with Crippen molar-refractivity contribution < 1.29 is 0 Å². The molecule has 0 aromatic carbocycles. The van der Waals surface area contributed by atoms with Crippen LogP contribution in [0.3, 0.4) is 0 Å². The summed E-state index contributed by atoms with van der Waals surface area (Å²) in [4.78, 5) is 6.38. The van der Waals surface area contributed by atoms with Crippen LogP contribution in [0, 0.1) is 0 Å². The molecule has 0 radical (unpaired) electrons. The molecule has 0 spiro atoms. The second-order valence-corrected chi connectivity index (χ2v) is 4.82. The molecule has 3 aromatic rings. The summed E-state index contributed by atoms with van der Waals surface area (Å²) >= 11 is 0. The minimum Gasteiger partial charge on any atom is -0.378 e. The molecule has 0 aliphatic heterocycles. The number of hydrogen-bond acceptors (Lipinski definition) is 4. The zero-order chi connectivity index (χ0) is 13.9. The third-order valence-corrected chi connectivity index (χ3v) is 3.19. The Labute approximate surface area is 117 Å². The molecule has 1 N–H and O–H groups in total. The molecule has 0 atom stereocenters. The van der Waals surface area contributed by atoms with Crippen LogP contribution in [0.5, 0.6) is 0 Å². The van der Waals surface area contributed by atoms with Crippen molar-refractivity contribution in [1.82, 2.24) is 14.6 Å². The Morgan fingerprint density at radius 1 is 1.20 bits per heavy atom. The molecule has 0 fully saturated rings. The van der Waals surface area contributed by atoms with Crippen molar-refractivity contribution in [2.45, 2.75) is 6.54 Å². The first-order valence-electron chi connectivity index (χ1n) is 6.53. The zero-order valence-corrected chi connectivity index (χ0v) is 11.6. The van der Waals surface area contributed by atoms with E-state index in [1.54, 1.807) is 6.20 Å². The van der Waals surface area contributed by atoms with E-state index in [0.717, 1.165) is 23.6 Å². The summed E-state index contributed by atoms with van der Waals surface area (Å²) in [5.74, 6) is 0.934. The molecule has 3 heterocycles. The number of fused-ring (bicyclic) bond motifs is 1. The lowest BCUT2D eigenvalue weighted by Crippen LogP contribution is -2.13. The Balaban J connectivity index is 1.83. The molecular formula is C15H17N5. The van der Waals surface area contributed by atoms with Gasteiger partial charge in [0.2, 0.25) is 0 Å². The van der Waals surface area contributed by atoms with Crippen LogP contribution in [-0.4, -0.2) is 28.7 Å². The Kier molecular flexibility index (Phi) is 3.25. The number of nitrogens with one attached hydrogen (secondary N) is 1. The molecule has 0 aliphatic rings. The summed E-state index contributed by atoms with van der Waals surface area (Å²) in [5, 5.41) is 7.77. The van der Waals surface area contributed by atoms with Gasteiger partial charge in [0.1, 0.15) is 0 Å². The predicted molar refractivity (Wildman–Crippen MR) is 81.1 cm³/mol. The fourth-order valence-electron chi connectivity index (χ4n) is 2.21. The molecule has 0 saturated heterocycles. The van der Waals surface area contributed by atoms with Crippen molar-refractivity contribution in [2.24, 2.45) is 0 Å². The van der Waals surface area contributed by atoms with Crippen LogP contribution in [0.15, 0.2) is 48.9 Å². The Morgan fingerprint density at radius 2 is 2.10 bits per heavy atom. The molecule has 5 nitrogen and oxygen atoms in total. The Bertz CT molecular complexity index is 717. The maximum Gasteiger partial charge on any atom is 0.151 e. The summed E-state index contributed by atoms with van der Waals surface area (Å²) in [6, 6.07) is 10.0. The molecule has 3 aromatic heterocycles. The van der Waals surface area contributed by atoms with E-state index in [1.807, 2.05) is 60.2 Å². The summed E-state index contributed by atoms with van der Waals surface area (Å²) in [6.07, 6.45) is 5.65. The van der Waals surface area contributed by atoms with Crippen molar-refractivity contribution in [2.75, 3.05) is 24.3 Å². The monoisotopic (exact) mass is 267 g/mol. The standard InChI is InChI=1S/C15H17N5/c1-19(2)15-13(6-5-8-16-15)17-10-12-11-18-20-9-4-3-7-14(12)20/h3-9,11,17H,10H2,1-2H3. The average molecular weight is 267 g/mol. The van der Waals surface area contributed by atoms with Crippen LogP contribution in [0.4, 0.5) is 11.5 Å². The maximum atomic E-state index is 4.38. The summed E-state index contributed by atoms with van der Waals surface area (Å²) in [6.45, 7) is 0.722.